The third-order valence-electron chi connectivity index (χ3n) is 2.59. The Morgan fingerprint density at radius 3 is 2.68 bits per heavy atom. The van der Waals surface area contributed by atoms with Crippen molar-refractivity contribution in [1.29, 1.82) is 0 Å². The van der Waals surface area contributed by atoms with Gasteiger partial charge in [-0.3, -0.25) is 0 Å². The summed E-state index contributed by atoms with van der Waals surface area (Å²) < 4.78 is 7.88. The lowest BCUT2D eigenvalue weighted by Crippen LogP contribution is -2.02. The predicted octanol–water partition coefficient (Wildman–Crippen LogP) is 5.59. The zero-order valence-electron chi connectivity index (χ0n) is 10.8. The second-order valence-electron chi connectivity index (χ2n) is 4.12. The van der Waals surface area contributed by atoms with Gasteiger partial charge in [0.25, 0.3) is 0 Å². The van der Waals surface area contributed by atoms with Crippen molar-refractivity contribution in [2.75, 3.05) is 11.9 Å². The van der Waals surface area contributed by atoms with Crippen molar-refractivity contribution in [2.45, 2.75) is 20.4 Å². The van der Waals surface area contributed by atoms with Gasteiger partial charge in [0.2, 0.25) is 0 Å². The maximum atomic E-state index is 5.66. The second-order valence-corrected chi connectivity index (χ2v) is 7.43. The van der Waals surface area contributed by atoms with Gasteiger partial charge < -0.3 is 10.1 Å². The van der Waals surface area contributed by atoms with E-state index in [0.717, 1.165) is 26.2 Å². The highest BCUT2D eigenvalue weighted by Crippen LogP contribution is 2.33. The minimum absolute atomic E-state index is 0.675. The SMILES string of the molecule is CCOc1cc(C)ccc1NCc1cc(Br)c(Br)s1. The smallest absolute Gasteiger partial charge is 0.142 e. The Bertz CT molecular complexity index is 549. The van der Waals surface area contributed by atoms with Crippen LogP contribution in [0.1, 0.15) is 17.4 Å². The van der Waals surface area contributed by atoms with E-state index in [1.54, 1.807) is 11.3 Å². The Balaban J connectivity index is 2.10. The molecule has 0 atom stereocenters. The van der Waals surface area contributed by atoms with Crippen molar-refractivity contribution in [3.63, 3.8) is 0 Å². The van der Waals surface area contributed by atoms with Gasteiger partial charge in [-0.15, -0.1) is 11.3 Å². The molecule has 0 radical (unpaired) electrons. The Labute approximate surface area is 134 Å². The number of thiophene rings is 1. The second kappa shape index (κ2) is 6.77. The van der Waals surface area contributed by atoms with Crippen LogP contribution in [0.2, 0.25) is 0 Å². The van der Waals surface area contributed by atoms with Gasteiger partial charge in [-0.25, -0.2) is 0 Å². The summed E-state index contributed by atoms with van der Waals surface area (Å²) in [5, 5.41) is 3.43. The van der Waals surface area contributed by atoms with E-state index in [1.165, 1.54) is 10.4 Å². The highest BCUT2D eigenvalue weighted by atomic mass is 79.9. The van der Waals surface area contributed by atoms with Crippen molar-refractivity contribution in [3.05, 3.63) is 43.0 Å². The van der Waals surface area contributed by atoms with Crippen molar-refractivity contribution in [2.24, 2.45) is 0 Å². The summed E-state index contributed by atoms with van der Waals surface area (Å²) in [5.41, 5.74) is 2.24. The lowest BCUT2D eigenvalue weighted by molar-refractivity contribution is 0.341. The molecule has 2 nitrogen and oxygen atoms in total. The standard InChI is InChI=1S/C14H15Br2NOS/c1-3-18-13-6-9(2)4-5-12(13)17-8-10-7-11(15)14(16)19-10/h4-7,17H,3,8H2,1-2H3. The number of hydrogen-bond donors (Lipinski definition) is 1. The monoisotopic (exact) mass is 403 g/mol. The quantitative estimate of drug-likeness (QED) is 0.700. The van der Waals surface area contributed by atoms with Crippen molar-refractivity contribution in [3.8, 4) is 5.75 Å². The van der Waals surface area contributed by atoms with Crippen LogP contribution in [0.4, 0.5) is 5.69 Å². The zero-order chi connectivity index (χ0) is 13.8. The van der Waals surface area contributed by atoms with Crippen LogP contribution in [-0.4, -0.2) is 6.61 Å². The van der Waals surface area contributed by atoms with Gasteiger partial charge in [0, 0.05) is 15.9 Å². The fourth-order valence-electron chi connectivity index (χ4n) is 1.71. The molecule has 0 bridgehead atoms. The maximum Gasteiger partial charge on any atom is 0.142 e. The summed E-state index contributed by atoms with van der Waals surface area (Å²) in [6, 6.07) is 8.34. The minimum Gasteiger partial charge on any atom is -0.492 e. The number of anilines is 1. The average molecular weight is 405 g/mol. The van der Waals surface area contributed by atoms with E-state index in [2.05, 4.69) is 68.4 Å². The van der Waals surface area contributed by atoms with E-state index in [1.807, 2.05) is 6.92 Å². The lowest BCUT2D eigenvalue weighted by Gasteiger charge is -2.12. The van der Waals surface area contributed by atoms with E-state index in [-0.39, 0.29) is 0 Å². The predicted molar refractivity (Wildman–Crippen MR) is 89.4 cm³/mol. The molecule has 0 unspecified atom stereocenters. The topological polar surface area (TPSA) is 21.3 Å². The first-order valence-electron chi connectivity index (χ1n) is 6.01. The molecule has 0 fully saturated rings. The molecule has 19 heavy (non-hydrogen) atoms. The zero-order valence-corrected chi connectivity index (χ0v) is 14.8. The van der Waals surface area contributed by atoms with Crippen LogP contribution in [0.25, 0.3) is 0 Å². The summed E-state index contributed by atoms with van der Waals surface area (Å²) >= 11 is 8.73. The van der Waals surface area contributed by atoms with Crippen LogP contribution < -0.4 is 10.1 Å². The largest absolute Gasteiger partial charge is 0.492 e. The first kappa shape index (κ1) is 14.9. The molecule has 1 heterocycles. The van der Waals surface area contributed by atoms with Crippen LogP contribution in [0.15, 0.2) is 32.5 Å². The summed E-state index contributed by atoms with van der Waals surface area (Å²) in [6.45, 7) is 5.53. The van der Waals surface area contributed by atoms with Gasteiger partial charge in [-0.1, -0.05) is 6.07 Å². The molecule has 1 aromatic heterocycles. The van der Waals surface area contributed by atoms with Gasteiger partial charge >= 0.3 is 0 Å². The van der Waals surface area contributed by atoms with Gasteiger partial charge in [-0.2, -0.15) is 0 Å². The van der Waals surface area contributed by atoms with Crippen LogP contribution in [0.3, 0.4) is 0 Å². The molecule has 2 rings (SSSR count). The van der Waals surface area contributed by atoms with E-state index < -0.39 is 0 Å². The molecule has 0 amide bonds. The van der Waals surface area contributed by atoms with Gasteiger partial charge in [-0.05, 0) is 69.5 Å². The number of hydrogen-bond acceptors (Lipinski definition) is 3. The highest BCUT2D eigenvalue weighted by molar-refractivity contribution is 9.13. The molecule has 0 aliphatic heterocycles. The highest BCUT2D eigenvalue weighted by Gasteiger charge is 2.07. The molecular weight excluding hydrogens is 390 g/mol. The number of rotatable bonds is 5. The molecular formula is C14H15Br2NOS. The van der Waals surface area contributed by atoms with Crippen LogP contribution in [-0.2, 0) is 6.54 Å². The third kappa shape index (κ3) is 3.97. The van der Waals surface area contributed by atoms with Gasteiger partial charge in [0.1, 0.15) is 5.75 Å². The van der Waals surface area contributed by atoms with E-state index in [4.69, 9.17) is 4.74 Å². The normalized spacial score (nSPS) is 10.5. The van der Waals surface area contributed by atoms with Crippen LogP contribution in [0.5, 0.6) is 5.75 Å². The molecule has 2 aromatic rings. The number of halogens is 2. The van der Waals surface area contributed by atoms with Gasteiger partial charge in [0.15, 0.2) is 0 Å². The van der Waals surface area contributed by atoms with Crippen molar-refractivity contribution < 1.29 is 4.74 Å². The molecule has 0 saturated heterocycles. The lowest BCUT2D eigenvalue weighted by atomic mass is 10.2. The van der Waals surface area contributed by atoms with E-state index in [0.29, 0.717) is 6.61 Å². The van der Waals surface area contributed by atoms with Crippen molar-refractivity contribution in [1.82, 2.24) is 0 Å². The Morgan fingerprint density at radius 1 is 1.26 bits per heavy atom. The Hall–Kier alpha value is -0.520. The first-order chi connectivity index (χ1) is 9.10. The van der Waals surface area contributed by atoms with Crippen LogP contribution in [0, 0.1) is 6.92 Å². The summed E-state index contributed by atoms with van der Waals surface area (Å²) in [6.07, 6.45) is 0. The Kier molecular flexibility index (Phi) is 5.30. The fraction of sp³-hybridized carbons (Fsp3) is 0.286. The summed E-state index contributed by atoms with van der Waals surface area (Å²) in [5.74, 6) is 0.914. The molecule has 102 valence electrons. The molecule has 0 aliphatic carbocycles. The van der Waals surface area contributed by atoms with E-state index >= 15 is 0 Å². The third-order valence-corrected chi connectivity index (χ3v) is 5.84. The molecule has 0 aliphatic rings. The maximum absolute atomic E-state index is 5.66. The minimum atomic E-state index is 0.675. The number of ether oxygens (including phenoxy) is 1. The Morgan fingerprint density at radius 2 is 2.05 bits per heavy atom. The average Bonchev–Trinajstić information content (AvgIpc) is 2.68. The van der Waals surface area contributed by atoms with Gasteiger partial charge in [0.05, 0.1) is 16.1 Å². The number of nitrogens with one attached hydrogen (secondary N) is 1. The number of benzene rings is 1. The molecule has 0 spiro atoms. The molecule has 1 aromatic carbocycles. The molecule has 0 saturated carbocycles. The van der Waals surface area contributed by atoms with E-state index in [9.17, 15) is 0 Å². The van der Waals surface area contributed by atoms with Crippen LogP contribution >= 0.6 is 43.2 Å². The first-order valence-corrected chi connectivity index (χ1v) is 8.41. The molecule has 5 heteroatoms. The molecule has 1 N–H and O–H groups in total. The van der Waals surface area contributed by atoms with Crippen molar-refractivity contribution >= 4 is 48.9 Å². The summed E-state index contributed by atoms with van der Waals surface area (Å²) in [7, 11) is 0. The fourth-order valence-corrected chi connectivity index (χ4v) is 3.83. The summed E-state index contributed by atoms with van der Waals surface area (Å²) in [4.78, 5) is 1.27. The number of aryl methyl sites for hydroxylation is 1.